The molecule has 1 aliphatic heterocycles. The third-order valence-corrected chi connectivity index (χ3v) is 3.28. The van der Waals surface area contributed by atoms with Gasteiger partial charge in [-0.05, 0) is 19.3 Å². The molecule has 1 unspecified atom stereocenters. The standard InChI is InChI=1S/C14H28N2O3/c1-4-18-11-14(17)15-10-13(9-12(2)3)16-5-7-19-8-6-16/h12-13H,4-11H2,1-3H3,(H,15,17). The second-order valence-corrected chi connectivity index (χ2v) is 5.37. The van der Waals surface area contributed by atoms with Crippen molar-refractivity contribution >= 4 is 5.91 Å². The van der Waals surface area contributed by atoms with Gasteiger partial charge in [-0.15, -0.1) is 0 Å². The molecule has 0 spiro atoms. The Morgan fingerprint density at radius 3 is 2.63 bits per heavy atom. The summed E-state index contributed by atoms with van der Waals surface area (Å²) in [4.78, 5) is 14.0. The van der Waals surface area contributed by atoms with Crippen molar-refractivity contribution in [3.8, 4) is 0 Å². The van der Waals surface area contributed by atoms with Crippen LogP contribution in [0, 0.1) is 5.92 Å². The van der Waals surface area contributed by atoms with Gasteiger partial charge in [-0.1, -0.05) is 13.8 Å². The molecule has 1 fully saturated rings. The minimum Gasteiger partial charge on any atom is -0.379 e. The molecule has 1 amide bonds. The molecule has 1 rings (SSSR count). The predicted octanol–water partition coefficient (Wildman–Crippen LogP) is 0.886. The molecule has 5 heteroatoms. The molecule has 5 nitrogen and oxygen atoms in total. The number of hydrogen-bond acceptors (Lipinski definition) is 4. The number of rotatable bonds is 8. The summed E-state index contributed by atoms with van der Waals surface area (Å²) in [5.41, 5.74) is 0. The highest BCUT2D eigenvalue weighted by molar-refractivity contribution is 5.77. The third kappa shape index (κ3) is 6.89. The maximum atomic E-state index is 11.6. The van der Waals surface area contributed by atoms with Gasteiger partial charge in [0.25, 0.3) is 0 Å². The molecular formula is C14H28N2O3. The molecule has 1 N–H and O–H groups in total. The van der Waals surface area contributed by atoms with Crippen LogP contribution in [0.5, 0.6) is 0 Å². The second-order valence-electron chi connectivity index (χ2n) is 5.37. The maximum absolute atomic E-state index is 11.6. The largest absolute Gasteiger partial charge is 0.379 e. The minimum absolute atomic E-state index is 0.0242. The van der Waals surface area contributed by atoms with Crippen LogP contribution in [0.15, 0.2) is 0 Å². The molecule has 19 heavy (non-hydrogen) atoms. The maximum Gasteiger partial charge on any atom is 0.246 e. The van der Waals surface area contributed by atoms with Crippen LogP contribution >= 0.6 is 0 Å². The molecule has 112 valence electrons. The van der Waals surface area contributed by atoms with Gasteiger partial charge >= 0.3 is 0 Å². The molecule has 0 aromatic rings. The van der Waals surface area contributed by atoms with E-state index in [1.54, 1.807) is 0 Å². The van der Waals surface area contributed by atoms with Gasteiger partial charge in [-0.3, -0.25) is 9.69 Å². The zero-order valence-electron chi connectivity index (χ0n) is 12.5. The molecule has 1 aliphatic rings. The van der Waals surface area contributed by atoms with Crippen LogP contribution in [-0.2, 0) is 14.3 Å². The fourth-order valence-corrected chi connectivity index (χ4v) is 2.33. The Morgan fingerprint density at radius 2 is 2.05 bits per heavy atom. The quantitative estimate of drug-likeness (QED) is 0.713. The van der Waals surface area contributed by atoms with Crippen molar-refractivity contribution in [1.29, 1.82) is 0 Å². The van der Waals surface area contributed by atoms with Crippen LogP contribution in [0.4, 0.5) is 0 Å². The summed E-state index contributed by atoms with van der Waals surface area (Å²) in [6, 6.07) is 0.398. The Labute approximate surface area is 116 Å². The van der Waals surface area contributed by atoms with Crippen molar-refractivity contribution in [3.05, 3.63) is 0 Å². The highest BCUT2D eigenvalue weighted by Crippen LogP contribution is 2.12. The van der Waals surface area contributed by atoms with Crippen molar-refractivity contribution in [3.63, 3.8) is 0 Å². The van der Waals surface area contributed by atoms with Gasteiger partial charge in [-0.25, -0.2) is 0 Å². The molecule has 0 saturated carbocycles. The summed E-state index contributed by atoms with van der Waals surface area (Å²) in [7, 11) is 0. The predicted molar refractivity (Wildman–Crippen MR) is 75.1 cm³/mol. The van der Waals surface area contributed by atoms with E-state index in [1.165, 1.54) is 0 Å². The lowest BCUT2D eigenvalue weighted by Crippen LogP contribution is -2.49. The van der Waals surface area contributed by atoms with Crippen LogP contribution in [0.2, 0.25) is 0 Å². The fraction of sp³-hybridized carbons (Fsp3) is 0.929. The van der Waals surface area contributed by atoms with Crippen molar-refractivity contribution < 1.29 is 14.3 Å². The smallest absolute Gasteiger partial charge is 0.246 e. The van der Waals surface area contributed by atoms with Gasteiger partial charge < -0.3 is 14.8 Å². The van der Waals surface area contributed by atoms with E-state index in [4.69, 9.17) is 9.47 Å². The lowest BCUT2D eigenvalue weighted by atomic mass is 10.0. The van der Waals surface area contributed by atoms with E-state index < -0.39 is 0 Å². The Bertz CT molecular complexity index is 253. The van der Waals surface area contributed by atoms with Gasteiger partial charge in [0.15, 0.2) is 0 Å². The lowest BCUT2D eigenvalue weighted by molar-refractivity contribution is -0.125. The van der Waals surface area contributed by atoms with Gasteiger partial charge in [0.1, 0.15) is 6.61 Å². The molecule has 0 aromatic heterocycles. The number of ether oxygens (including phenoxy) is 2. The molecule has 1 heterocycles. The summed E-state index contributed by atoms with van der Waals surface area (Å²) < 4.78 is 10.5. The molecule has 0 aromatic carbocycles. The normalized spacial score (nSPS) is 18.5. The van der Waals surface area contributed by atoms with Crippen molar-refractivity contribution in [1.82, 2.24) is 10.2 Å². The molecule has 0 bridgehead atoms. The van der Waals surface area contributed by atoms with E-state index in [0.29, 0.717) is 25.1 Å². The first-order valence-corrected chi connectivity index (χ1v) is 7.29. The molecule has 1 saturated heterocycles. The van der Waals surface area contributed by atoms with Crippen LogP contribution in [0.1, 0.15) is 27.2 Å². The fourth-order valence-electron chi connectivity index (χ4n) is 2.33. The molecule has 1 atom stereocenters. The van der Waals surface area contributed by atoms with E-state index >= 15 is 0 Å². The molecule has 0 radical (unpaired) electrons. The van der Waals surface area contributed by atoms with Gasteiger partial charge in [0, 0.05) is 32.3 Å². The Balaban J connectivity index is 2.37. The zero-order chi connectivity index (χ0) is 14.1. The molecular weight excluding hydrogens is 244 g/mol. The second kappa shape index (κ2) is 9.28. The zero-order valence-corrected chi connectivity index (χ0v) is 12.5. The van der Waals surface area contributed by atoms with E-state index in [-0.39, 0.29) is 12.5 Å². The first-order chi connectivity index (χ1) is 9.13. The number of nitrogens with one attached hydrogen (secondary N) is 1. The minimum atomic E-state index is -0.0242. The third-order valence-electron chi connectivity index (χ3n) is 3.28. The van der Waals surface area contributed by atoms with E-state index in [1.807, 2.05) is 6.92 Å². The highest BCUT2D eigenvalue weighted by Gasteiger charge is 2.22. The first kappa shape index (κ1) is 16.4. The Hall–Kier alpha value is -0.650. The summed E-state index contributed by atoms with van der Waals surface area (Å²) in [6.45, 7) is 11.3. The summed E-state index contributed by atoms with van der Waals surface area (Å²) >= 11 is 0. The Morgan fingerprint density at radius 1 is 1.37 bits per heavy atom. The van der Waals surface area contributed by atoms with Gasteiger partial charge in [0.2, 0.25) is 5.91 Å². The van der Waals surface area contributed by atoms with E-state index in [2.05, 4.69) is 24.1 Å². The van der Waals surface area contributed by atoms with Crippen molar-refractivity contribution in [2.75, 3.05) is 46.1 Å². The van der Waals surface area contributed by atoms with E-state index in [9.17, 15) is 4.79 Å². The van der Waals surface area contributed by atoms with Crippen LogP contribution in [0.25, 0.3) is 0 Å². The number of carbonyl (C=O) groups excluding carboxylic acids is 1. The number of morpholine rings is 1. The lowest BCUT2D eigenvalue weighted by Gasteiger charge is -2.35. The number of nitrogens with zero attached hydrogens (tertiary/aromatic N) is 1. The summed E-state index contributed by atoms with van der Waals surface area (Å²) in [5, 5.41) is 2.97. The number of amides is 1. The van der Waals surface area contributed by atoms with Crippen LogP contribution < -0.4 is 5.32 Å². The van der Waals surface area contributed by atoms with Crippen molar-refractivity contribution in [2.45, 2.75) is 33.2 Å². The van der Waals surface area contributed by atoms with Crippen molar-refractivity contribution in [2.24, 2.45) is 5.92 Å². The highest BCUT2D eigenvalue weighted by atomic mass is 16.5. The average molecular weight is 272 g/mol. The monoisotopic (exact) mass is 272 g/mol. The summed E-state index contributed by atoms with van der Waals surface area (Å²) in [5.74, 6) is 0.598. The first-order valence-electron chi connectivity index (χ1n) is 7.29. The van der Waals surface area contributed by atoms with Crippen LogP contribution in [-0.4, -0.2) is 62.9 Å². The summed E-state index contributed by atoms with van der Waals surface area (Å²) in [6.07, 6.45) is 1.09. The average Bonchev–Trinajstić information content (AvgIpc) is 2.41. The van der Waals surface area contributed by atoms with Gasteiger partial charge in [0.05, 0.1) is 13.2 Å². The van der Waals surface area contributed by atoms with Crippen LogP contribution in [0.3, 0.4) is 0 Å². The number of carbonyl (C=O) groups is 1. The molecule has 0 aliphatic carbocycles. The van der Waals surface area contributed by atoms with Gasteiger partial charge in [-0.2, -0.15) is 0 Å². The Kier molecular flexibility index (Phi) is 8.02. The topological polar surface area (TPSA) is 50.8 Å². The SMILES string of the molecule is CCOCC(=O)NCC(CC(C)C)N1CCOCC1. The van der Waals surface area contributed by atoms with E-state index in [0.717, 1.165) is 32.7 Å². The number of hydrogen-bond donors (Lipinski definition) is 1.